The van der Waals surface area contributed by atoms with E-state index in [4.69, 9.17) is 4.42 Å². The molecule has 2 aromatic heterocycles. The van der Waals surface area contributed by atoms with Crippen molar-refractivity contribution in [3.8, 4) is 0 Å². The molecule has 1 aliphatic rings. The van der Waals surface area contributed by atoms with Gasteiger partial charge in [-0.15, -0.1) is 5.10 Å². The smallest absolute Gasteiger partial charge is 0.209 e. The van der Waals surface area contributed by atoms with Crippen LogP contribution in [0.15, 0.2) is 28.0 Å². The number of thioether (sulfide) groups is 1. The molecule has 1 aliphatic carbocycles. The molecule has 0 radical (unpaired) electrons. The standard InChI is InChI=1S/C11H15N5OS/c1-2-10(17-6-1)8-12-5-7-18-11-13-14-15-16(11)9-3-4-9/h1-2,6,9,12H,3-5,7-8H2. The lowest BCUT2D eigenvalue weighted by atomic mass is 10.4. The van der Waals surface area contributed by atoms with Crippen LogP contribution in [0.2, 0.25) is 0 Å². The van der Waals surface area contributed by atoms with Crippen LogP contribution < -0.4 is 5.32 Å². The second kappa shape index (κ2) is 5.53. The van der Waals surface area contributed by atoms with Gasteiger partial charge in [0.1, 0.15) is 5.76 Å². The third kappa shape index (κ3) is 2.91. The predicted molar refractivity (Wildman–Crippen MR) is 67.2 cm³/mol. The van der Waals surface area contributed by atoms with Crippen LogP contribution in [-0.2, 0) is 6.54 Å². The number of nitrogens with zero attached hydrogens (tertiary/aromatic N) is 4. The van der Waals surface area contributed by atoms with Crippen LogP contribution in [0.1, 0.15) is 24.6 Å². The molecule has 0 spiro atoms. The summed E-state index contributed by atoms with van der Waals surface area (Å²) in [6.45, 7) is 1.67. The summed E-state index contributed by atoms with van der Waals surface area (Å²) in [5.74, 6) is 1.91. The molecule has 0 bridgehead atoms. The fourth-order valence-corrected chi connectivity index (χ4v) is 2.51. The molecule has 1 fully saturated rings. The van der Waals surface area contributed by atoms with Crippen LogP contribution in [0, 0.1) is 0 Å². The Morgan fingerprint density at radius 1 is 1.50 bits per heavy atom. The van der Waals surface area contributed by atoms with Crippen molar-refractivity contribution in [2.75, 3.05) is 12.3 Å². The molecular weight excluding hydrogens is 250 g/mol. The molecule has 0 atom stereocenters. The minimum atomic E-state index is 0.540. The topological polar surface area (TPSA) is 68.8 Å². The molecule has 0 aliphatic heterocycles. The van der Waals surface area contributed by atoms with Gasteiger partial charge in [0.25, 0.3) is 0 Å². The van der Waals surface area contributed by atoms with E-state index < -0.39 is 0 Å². The van der Waals surface area contributed by atoms with Crippen molar-refractivity contribution >= 4 is 11.8 Å². The Hall–Kier alpha value is -1.34. The molecule has 3 rings (SSSR count). The molecule has 0 amide bonds. The van der Waals surface area contributed by atoms with E-state index in [0.29, 0.717) is 6.04 Å². The van der Waals surface area contributed by atoms with E-state index in [0.717, 1.165) is 29.8 Å². The van der Waals surface area contributed by atoms with Crippen molar-refractivity contribution in [3.63, 3.8) is 0 Å². The molecule has 2 heterocycles. The van der Waals surface area contributed by atoms with Gasteiger partial charge in [-0.2, -0.15) is 0 Å². The Bertz CT molecular complexity index is 479. The van der Waals surface area contributed by atoms with E-state index in [1.165, 1.54) is 12.8 Å². The van der Waals surface area contributed by atoms with E-state index in [-0.39, 0.29) is 0 Å². The summed E-state index contributed by atoms with van der Waals surface area (Å²) < 4.78 is 7.18. The first kappa shape index (κ1) is 11.7. The molecule has 2 aromatic rings. The van der Waals surface area contributed by atoms with E-state index in [9.17, 15) is 0 Å². The zero-order valence-electron chi connectivity index (χ0n) is 9.95. The lowest BCUT2D eigenvalue weighted by Gasteiger charge is -2.03. The quantitative estimate of drug-likeness (QED) is 0.604. The number of aromatic nitrogens is 4. The highest BCUT2D eigenvalue weighted by Gasteiger charge is 2.27. The number of nitrogens with one attached hydrogen (secondary N) is 1. The lowest BCUT2D eigenvalue weighted by molar-refractivity contribution is 0.488. The Labute approximate surface area is 109 Å². The molecule has 96 valence electrons. The zero-order valence-corrected chi connectivity index (χ0v) is 10.8. The van der Waals surface area contributed by atoms with Crippen LogP contribution in [-0.4, -0.2) is 32.5 Å². The molecule has 0 unspecified atom stereocenters. The Kier molecular flexibility index (Phi) is 3.61. The normalized spacial score (nSPS) is 15.1. The highest BCUT2D eigenvalue weighted by molar-refractivity contribution is 7.99. The van der Waals surface area contributed by atoms with Crippen LogP contribution in [0.4, 0.5) is 0 Å². The van der Waals surface area contributed by atoms with E-state index in [1.807, 2.05) is 16.8 Å². The first-order valence-corrected chi connectivity index (χ1v) is 7.06. The van der Waals surface area contributed by atoms with Crippen LogP contribution >= 0.6 is 11.8 Å². The fraction of sp³-hybridized carbons (Fsp3) is 0.545. The van der Waals surface area contributed by atoms with Crippen molar-refractivity contribution in [2.45, 2.75) is 30.6 Å². The van der Waals surface area contributed by atoms with Crippen LogP contribution in [0.3, 0.4) is 0 Å². The molecule has 0 saturated heterocycles. The number of rotatable bonds is 7. The summed E-state index contributed by atoms with van der Waals surface area (Å²) in [6, 6.07) is 4.40. The molecule has 0 aromatic carbocycles. The maximum Gasteiger partial charge on any atom is 0.209 e. The molecular formula is C11H15N5OS. The number of tetrazole rings is 1. The van der Waals surface area contributed by atoms with E-state index >= 15 is 0 Å². The van der Waals surface area contributed by atoms with Crippen molar-refractivity contribution in [2.24, 2.45) is 0 Å². The van der Waals surface area contributed by atoms with Gasteiger partial charge in [-0.3, -0.25) is 0 Å². The number of hydrogen-bond acceptors (Lipinski definition) is 6. The predicted octanol–water partition coefficient (Wildman–Crippen LogP) is 1.48. The highest BCUT2D eigenvalue weighted by Crippen LogP contribution is 2.36. The van der Waals surface area contributed by atoms with E-state index in [1.54, 1.807) is 18.0 Å². The van der Waals surface area contributed by atoms with E-state index in [2.05, 4.69) is 20.8 Å². The second-order valence-corrected chi connectivity index (χ2v) is 5.30. The largest absolute Gasteiger partial charge is 0.468 e. The lowest BCUT2D eigenvalue weighted by Crippen LogP contribution is -2.16. The maximum absolute atomic E-state index is 5.24. The van der Waals surface area contributed by atoms with Crippen molar-refractivity contribution < 1.29 is 4.42 Å². The Morgan fingerprint density at radius 2 is 2.44 bits per heavy atom. The van der Waals surface area contributed by atoms with Gasteiger partial charge in [-0.05, 0) is 35.4 Å². The SMILES string of the molecule is c1coc(CNCCSc2nnnn2C2CC2)c1. The number of hydrogen-bond donors (Lipinski definition) is 1. The first-order valence-electron chi connectivity index (χ1n) is 6.07. The molecule has 6 nitrogen and oxygen atoms in total. The van der Waals surface area contributed by atoms with Gasteiger partial charge >= 0.3 is 0 Å². The maximum atomic E-state index is 5.24. The summed E-state index contributed by atoms with van der Waals surface area (Å²) in [5.41, 5.74) is 0. The van der Waals surface area contributed by atoms with Gasteiger partial charge in [0.15, 0.2) is 0 Å². The van der Waals surface area contributed by atoms with Crippen LogP contribution in [0.25, 0.3) is 0 Å². The molecule has 18 heavy (non-hydrogen) atoms. The third-order valence-corrected chi connectivity index (χ3v) is 3.68. The van der Waals surface area contributed by atoms with Crippen LogP contribution in [0.5, 0.6) is 0 Å². The third-order valence-electron chi connectivity index (χ3n) is 2.74. The second-order valence-electron chi connectivity index (χ2n) is 4.24. The summed E-state index contributed by atoms with van der Waals surface area (Å²) in [6.07, 6.45) is 4.10. The van der Waals surface area contributed by atoms with Gasteiger partial charge in [0, 0.05) is 12.3 Å². The molecule has 1 saturated carbocycles. The fourth-order valence-electron chi connectivity index (χ4n) is 1.67. The van der Waals surface area contributed by atoms with Crippen molar-refractivity contribution in [3.05, 3.63) is 24.2 Å². The molecule has 1 N–H and O–H groups in total. The van der Waals surface area contributed by atoms with Crippen molar-refractivity contribution in [1.82, 2.24) is 25.5 Å². The minimum absolute atomic E-state index is 0.540. The molecule has 7 heteroatoms. The summed E-state index contributed by atoms with van der Waals surface area (Å²) in [4.78, 5) is 0. The number of furan rings is 1. The average Bonchev–Trinajstić information content (AvgIpc) is 2.92. The summed E-state index contributed by atoms with van der Waals surface area (Å²) in [7, 11) is 0. The van der Waals surface area contributed by atoms with Crippen molar-refractivity contribution in [1.29, 1.82) is 0 Å². The van der Waals surface area contributed by atoms with Gasteiger partial charge in [-0.25, -0.2) is 4.68 Å². The Balaban J connectivity index is 1.38. The van der Waals surface area contributed by atoms with Gasteiger partial charge in [0.2, 0.25) is 5.16 Å². The average molecular weight is 265 g/mol. The van der Waals surface area contributed by atoms with Gasteiger partial charge in [0.05, 0.1) is 18.8 Å². The summed E-state index contributed by atoms with van der Waals surface area (Å²) in [5, 5.41) is 16.0. The Morgan fingerprint density at radius 3 is 3.22 bits per heavy atom. The van der Waals surface area contributed by atoms with Gasteiger partial charge in [-0.1, -0.05) is 11.8 Å². The first-order chi connectivity index (χ1) is 8.93. The highest BCUT2D eigenvalue weighted by atomic mass is 32.2. The zero-order chi connectivity index (χ0) is 12.2. The van der Waals surface area contributed by atoms with Gasteiger partial charge < -0.3 is 9.73 Å². The minimum Gasteiger partial charge on any atom is -0.468 e. The summed E-state index contributed by atoms with van der Waals surface area (Å²) >= 11 is 1.69. The monoisotopic (exact) mass is 265 g/mol.